The molecule has 5 nitrogen and oxygen atoms in total. The van der Waals surface area contributed by atoms with Crippen LogP contribution in [0.2, 0.25) is 5.02 Å². The Morgan fingerprint density at radius 1 is 1.17 bits per heavy atom. The largest absolute Gasteiger partial charge is 0.497 e. The van der Waals surface area contributed by atoms with Gasteiger partial charge in [-0.25, -0.2) is 0 Å². The first-order chi connectivity index (χ1) is 14.0. The molecule has 154 valence electrons. The smallest absolute Gasteiger partial charge is 0.226 e. The lowest BCUT2D eigenvalue weighted by Crippen LogP contribution is -2.35. The Morgan fingerprint density at radius 2 is 1.86 bits per heavy atom. The van der Waals surface area contributed by atoms with Crippen molar-refractivity contribution in [1.29, 1.82) is 0 Å². The van der Waals surface area contributed by atoms with Crippen molar-refractivity contribution in [1.82, 2.24) is 10.2 Å². The zero-order valence-corrected chi connectivity index (χ0v) is 17.6. The average Bonchev–Trinajstić information content (AvgIpc) is 3.07. The third-order valence-corrected chi connectivity index (χ3v) is 5.61. The number of hydrogen-bond acceptors (Lipinski definition) is 3. The summed E-state index contributed by atoms with van der Waals surface area (Å²) in [5.74, 6) is 0.265. The number of benzene rings is 2. The van der Waals surface area contributed by atoms with Gasteiger partial charge in [0.05, 0.1) is 19.1 Å². The van der Waals surface area contributed by atoms with Crippen LogP contribution in [0.3, 0.4) is 0 Å². The monoisotopic (exact) mass is 414 g/mol. The number of rotatable bonds is 8. The van der Waals surface area contributed by atoms with Gasteiger partial charge in [-0.2, -0.15) is 0 Å². The minimum atomic E-state index is -0.417. The zero-order chi connectivity index (χ0) is 20.8. The zero-order valence-electron chi connectivity index (χ0n) is 16.9. The Balaban J connectivity index is 1.78. The quantitative estimate of drug-likeness (QED) is 0.698. The molecule has 2 atom stereocenters. The summed E-state index contributed by atoms with van der Waals surface area (Å²) in [6.07, 6.45) is 2.14. The van der Waals surface area contributed by atoms with Crippen LogP contribution in [0.5, 0.6) is 5.75 Å². The van der Waals surface area contributed by atoms with Crippen LogP contribution in [0.1, 0.15) is 43.4 Å². The Labute approximate surface area is 177 Å². The number of ether oxygens (including phenoxy) is 1. The molecule has 0 bridgehead atoms. The molecule has 0 aromatic heterocycles. The number of likely N-dealkylation sites (tertiary alicyclic amines) is 1. The van der Waals surface area contributed by atoms with Crippen molar-refractivity contribution in [2.75, 3.05) is 13.7 Å². The maximum atomic E-state index is 13.0. The van der Waals surface area contributed by atoms with Crippen LogP contribution in [0, 0.1) is 5.92 Å². The number of hydrogen-bond donors (Lipinski definition) is 1. The summed E-state index contributed by atoms with van der Waals surface area (Å²) < 4.78 is 5.25. The van der Waals surface area contributed by atoms with E-state index >= 15 is 0 Å². The van der Waals surface area contributed by atoms with Gasteiger partial charge in [0.2, 0.25) is 11.8 Å². The van der Waals surface area contributed by atoms with E-state index in [4.69, 9.17) is 16.3 Å². The molecule has 6 heteroatoms. The van der Waals surface area contributed by atoms with Crippen LogP contribution in [0.4, 0.5) is 0 Å². The van der Waals surface area contributed by atoms with Gasteiger partial charge in [-0.1, -0.05) is 49.2 Å². The first-order valence-corrected chi connectivity index (χ1v) is 10.4. The van der Waals surface area contributed by atoms with Gasteiger partial charge < -0.3 is 15.0 Å². The fraction of sp³-hybridized carbons (Fsp3) is 0.391. The molecule has 1 saturated heterocycles. The summed E-state index contributed by atoms with van der Waals surface area (Å²) in [7, 11) is 1.62. The lowest BCUT2D eigenvalue weighted by Gasteiger charge is -2.28. The SMILES string of the molecule is CCCCN1C(=O)C[C@@H](C(=O)NCc2ccc(Cl)cc2)[C@H]1c1ccc(OC)cc1. The summed E-state index contributed by atoms with van der Waals surface area (Å²) in [5.41, 5.74) is 1.93. The van der Waals surface area contributed by atoms with Crippen molar-refractivity contribution >= 4 is 23.4 Å². The van der Waals surface area contributed by atoms with Gasteiger partial charge >= 0.3 is 0 Å². The minimum absolute atomic E-state index is 0.0333. The maximum absolute atomic E-state index is 13.0. The van der Waals surface area contributed by atoms with E-state index in [-0.39, 0.29) is 24.3 Å². The molecule has 1 aliphatic rings. The summed E-state index contributed by atoms with van der Waals surface area (Å²) in [4.78, 5) is 27.6. The highest BCUT2D eigenvalue weighted by atomic mass is 35.5. The predicted octanol–water partition coefficient (Wildman–Crippen LogP) is 4.35. The molecule has 2 amide bonds. The highest BCUT2D eigenvalue weighted by Crippen LogP contribution is 2.39. The van der Waals surface area contributed by atoms with Crippen molar-refractivity contribution < 1.29 is 14.3 Å². The molecule has 0 saturated carbocycles. The summed E-state index contributed by atoms with van der Waals surface area (Å²) in [6, 6.07) is 14.8. The molecule has 1 N–H and O–H groups in total. The summed E-state index contributed by atoms with van der Waals surface area (Å²) >= 11 is 5.92. The molecule has 1 fully saturated rings. The summed E-state index contributed by atoms with van der Waals surface area (Å²) in [5, 5.41) is 3.65. The third-order valence-electron chi connectivity index (χ3n) is 5.36. The Morgan fingerprint density at radius 3 is 2.48 bits per heavy atom. The van der Waals surface area contributed by atoms with E-state index in [2.05, 4.69) is 12.2 Å². The van der Waals surface area contributed by atoms with E-state index in [1.54, 1.807) is 19.2 Å². The van der Waals surface area contributed by atoms with Gasteiger partial charge in [-0.15, -0.1) is 0 Å². The Hall–Kier alpha value is -2.53. The number of amides is 2. The first kappa shape index (κ1) is 21.2. The number of halogens is 1. The van der Waals surface area contributed by atoms with E-state index in [0.717, 1.165) is 29.7 Å². The Bertz CT molecular complexity index is 836. The number of unbranched alkanes of at least 4 members (excludes halogenated alkanes) is 1. The standard InChI is InChI=1S/C23H27ClN2O3/c1-3-4-13-26-21(27)14-20(22(26)17-7-11-19(29-2)12-8-17)23(28)25-15-16-5-9-18(24)10-6-16/h5-12,20,22H,3-4,13-15H2,1-2H3,(H,25,28)/t20-,22-/m1/s1. The van der Waals surface area contributed by atoms with Crippen molar-refractivity contribution in [3.8, 4) is 5.75 Å². The van der Waals surface area contributed by atoms with E-state index in [1.807, 2.05) is 41.3 Å². The van der Waals surface area contributed by atoms with Crippen LogP contribution in [0.15, 0.2) is 48.5 Å². The third kappa shape index (κ3) is 5.10. The maximum Gasteiger partial charge on any atom is 0.226 e. The van der Waals surface area contributed by atoms with E-state index in [0.29, 0.717) is 18.1 Å². The van der Waals surface area contributed by atoms with Crippen LogP contribution < -0.4 is 10.1 Å². The number of nitrogens with zero attached hydrogens (tertiary/aromatic N) is 1. The first-order valence-electron chi connectivity index (χ1n) is 9.99. The lowest BCUT2D eigenvalue weighted by atomic mass is 9.92. The Kier molecular flexibility index (Phi) is 7.15. The highest BCUT2D eigenvalue weighted by molar-refractivity contribution is 6.30. The number of carbonyl (C=O) groups excluding carboxylic acids is 2. The van der Waals surface area contributed by atoms with Gasteiger partial charge in [-0.05, 0) is 41.8 Å². The molecule has 29 heavy (non-hydrogen) atoms. The minimum Gasteiger partial charge on any atom is -0.497 e. The van der Waals surface area contributed by atoms with Crippen LogP contribution >= 0.6 is 11.6 Å². The van der Waals surface area contributed by atoms with Crippen molar-refractivity contribution in [3.05, 3.63) is 64.7 Å². The number of nitrogens with one attached hydrogen (secondary N) is 1. The molecular weight excluding hydrogens is 388 g/mol. The molecule has 0 unspecified atom stereocenters. The van der Waals surface area contributed by atoms with E-state index in [1.165, 1.54) is 0 Å². The highest BCUT2D eigenvalue weighted by Gasteiger charge is 2.44. The fourth-order valence-corrected chi connectivity index (χ4v) is 3.88. The molecule has 3 rings (SSSR count). The summed E-state index contributed by atoms with van der Waals surface area (Å²) in [6.45, 7) is 3.16. The van der Waals surface area contributed by atoms with Gasteiger partial charge in [0.1, 0.15) is 5.75 Å². The van der Waals surface area contributed by atoms with Crippen LogP contribution in [-0.2, 0) is 16.1 Å². The normalized spacial score (nSPS) is 18.7. The molecule has 0 aliphatic carbocycles. The van der Waals surface area contributed by atoms with Crippen molar-refractivity contribution in [2.45, 2.75) is 38.8 Å². The van der Waals surface area contributed by atoms with Gasteiger partial charge in [-0.3, -0.25) is 9.59 Å². The molecule has 1 aliphatic heterocycles. The average molecular weight is 415 g/mol. The van der Waals surface area contributed by atoms with Crippen molar-refractivity contribution in [2.24, 2.45) is 5.92 Å². The molecule has 2 aromatic carbocycles. The van der Waals surface area contributed by atoms with Gasteiger partial charge in [0, 0.05) is 24.5 Å². The molecule has 0 spiro atoms. The van der Waals surface area contributed by atoms with E-state index in [9.17, 15) is 9.59 Å². The second kappa shape index (κ2) is 9.79. The fourth-order valence-electron chi connectivity index (χ4n) is 3.75. The molecule has 0 radical (unpaired) electrons. The lowest BCUT2D eigenvalue weighted by molar-refractivity contribution is -0.129. The molecule has 1 heterocycles. The van der Waals surface area contributed by atoms with Crippen molar-refractivity contribution in [3.63, 3.8) is 0 Å². The topological polar surface area (TPSA) is 58.6 Å². The number of methoxy groups -OCH3 is 1. The molecular formula is C23H27ClN2O3. The number of carbonyl (C=O) groups is 2. The second-order valence-electron chi connectivity index (χ2n) is 7.31. The van der Waals surface area contributed by atoms with Gasteiger partial charge in [0.15, 0.2) is 0 Å². The van der Waals surface area contributed by atoms with Gasteiger partial charge in [0.25, 0.3) is 0 Å². The second-order valence-corrected chi connectivity index (χ2v) is 7.75. The predicted molar refractivity (Wildman–Crippen MR) is 114 cm³/mol. The molecule has 2 aromatic rings. The van der Waals surface area contributed by atoms with Crippen LogP contribution in [0.25, 0.3) is 0 Å². The van der Waals surface area contributed by atoms with Crippen LogP contribution in [-0.4, -0.2) is 30.4 Å². The van der Waals surface area contributed by atoms with E-state index < -0.39 is 5.92 Å².